The van der Waals surface area contributed by atoms with Crippen LogP contribution in [0.2, 0.25) is 0 Å². The molecule has 0 atom stereocenters. The van der Waals surface area contributed by atoms with Gasteiger partial charge in [0.25, 0.3) is 0 Å². The van der Waals surface area contributed by atoms with Gasteiger partial charge in [-0.2, -0.15) is 0 Å². The summed E-state index contributed by atoms with van der Waals surface area (Å²) in [4.78, 5) is 2.84. The van der Waals surface area contributed by atoms with Gasteiger partial charge in [0.15, 0.2) is 10.7 Å². The van der Waals surface area contributed by atoms with Gasteiger partial charge >= 0.3 is 0 Å². The SMILES string of the molecule is O=[SH](=O)c1ccc(-c2cccc(CN3CCCC3)c2)cc1. The van der Waals surface area contributed by atoms with Gasteiger partial charge in [-0.05, 0) is 60.8 Å². The molecule has 1 heterocycles. The fraction of sp³-hybridized carbons (Fsp3) is 0.294. The lowest BCUT2D eigenvalue weighted by Crippen LogP contribution is -2.18. The zero-order chi connectivity index (χ0) is 14.7. The van der Waals surface area contributed by atoms with E-state index in [1.807, 2.05) is 12.1 Å². The summed E-state index contributed by atoms with van der Waals surface area (Å²) in [6, 6.07) is 15.6. The average molecular weight is 301 g/mol. The van der Waals surface area contributed by atoms with Crippen LogP contribution in [0.15, 0.2) is 53.4 Å². The van der Waals surface area contributed by atoms with Crippen LogP contribution in [0, 0.1) is 0 Å². The summed E-state index contributed by atoms with van der Waals surface area (Å²) in [5.74, 6) is 0. The fourth-order valence-electron chi connectivity index (χ4n) is 2.82. The summed E-state index contributed by atoms with van der Waals surface area (Å²) in [7, 11) is -2.50. The number of likely N-dealkylation sites (tertiary alicyclic amines) is 1. The third-order valence-corrected chi connectivity index (χ3v) is 4.66. The Balaban J connectivity index is 1.81. The normalized spacial score (nSPS) is 15.7. The zero-order valence-electron chi connectivity index (χ0n) is 11.9. The standard InChI is InChI=1S/C17H19NO2S/c19-21(20)17-8-6-15(7-9-17)16-5-3-4-14(12-16)13-18-10-1-2-11-18/h3-9,12,21H,1-2,10-11,13H2. The average Bonchev–Trinajstić information content (AvgIpc) is 3.00. The number of benzene rings is 2. The van der Waals surface area contributed by atoms with Crippen LogP contribution in [-0.4, -0.2) is 26.4 Å². The largest absolute Gasteiger partial charge is 0.299 e. The van der Waals surface area contributed by atoms with Crippen LogP contribution < -0.4 is 0 Å². The van der Waals surface area contributed by atoms with Crippen LogP contribution in [0.1, 0.15) is 18.4 Å². The van der Waals surface area contributed by atoms with Crippen LogP contribution in [0.3, 0.4) is 0 Å². The topological polar surface area (TPSA) is 37.4 Å². The van der Waals surface area contributed by atoms with Crippen molar-refractivity contribution in [2.75, 3.05) is 13.1 Å². The van der Waals surface area contributed by atoms with Crippen molar-refractivity contribution in [1.82, 2.24) is 4.90 Å². The van der Waals surface area contributed by atoms with E-state index in [1.165, 1.54) is 31.5 Å². The highest BCUT2D eigenvalue weighted by molar-refractivity contribution is 7.72. The Morgan fingerprint density at radius 3 is 2.29 bits per heavy atom. The molecule has 0 aromatic heterocycles. The van der Waals surface area contributed by atoms with Crippen molar-refractivity contribution in [2.45, 2.75) is 24.3 Å². The zero-order valence-corrected chi connectivity index (χ0v) is 12.8. The van der Waals surface area contributed by atoms with Gasteiger partial charge in [-0.1, -0.05) is 30.3 Å². The minimum atomic E-state index is -2.50. The molecule has 0 aliphatic carbocycles. The molecule has 1 fully saturated rings. The highest BCUT2D eigenvalue weighted by Gasteiger charge is 2.11. The smallest absolute Gasteiger partial charge is 0.168 e. The third kappa shape index (κ3) is 3.52. The fourth-order valence-corrected chi connectivity index (χ4v) is 3.22. The first-order valence-corrected chi connectivity index (χ1v) is 8.46. The van der Waals surface area contributed by atoms with E-state index in [9.17, 15) is 8.42 Å². The van der Waals surface area contributed by atoms with Gasteiger partial charge in [0.1, 0.15) is 0 Å². The maximum atomic E-state index is 10.9. The second kappa shape index (κ2) is 6.41. The van der Waals surface area contributed by atoms with E-state index < -0.39 is 10.7 Å². The molecule has 2 aromatic carbocycles. The summed E-state index contributed by atoms with van der Waals surface area (Å²) in [6.45, 7) is 3.38. The van der Waals surface area contributed by atoms with E-state index in [1.54, 1.807) is 12.1 Å². The predicted octanol–water partition coefficient (Wildman–Crippen LogP) is 2.92. The Hall–Kier alpha value is -1.65. The van der Waals surface area contributed by atoms with E-state index in [4.69, 9.17) is 0 Å². The van der Waals surface area contributed by atoms with Gasteiger partial charge in [-0.3, -0.25) is 4.90 Å². The first-order chi connectivity index (χ1) is 10.2. The van der Waals surface area contributed by atoms with Crippen LogP contribution >= 0.6 is 0 Å². The van der Waals surface area contributed by atoms with Gasteiger partial charge < -0.3 is 0 Å². The summed E-state index contributed by atoms with van der Waals surface area (Å²) in [5, 5.41) is 0. The molecule has 0 amide bonds. The molecule has 4 heteroatoms. The number of nitrogens with zero attached hydrogens (tertiary/aromatic N) is 1. The van der Waals surface area contributed by atoms with Crippen molar-refractivity contribution < 1.29 is 8.42 Å². The molecule has 0 bridgehead atoms. The van der Waals surface area contributed by atoms with E-state index in [-0.39, 0.29) is 0 Å². The molecular weight excluding hydrogens is 282 g/mol. The molecule has 0 N–H and O–H groups in total. The summed E-state index contributed by atoms with van der Waals surface area (Å²) < 4.78 is 21.9. The maximum Gasteiger partial charge on any atom is 0.168 e. The Morgan fingerprint density at radius 2 is 1.62 bits per heavy atom. The van der Waals surface area contributed by atoms with E-state index in [0.717, 1.165) is 17.7 Å². The van der Waals surface area contributed by atoms with Gasteiger partial charge in [0.2, 0.25) is 0 Å². The summed E-state index contributed by atoms with van der Waals surface area (Å²) >= 11 is 0. The van der Waals surface area contributed by atoms with E-state index in [0.29, 0.717) is 4.90 Å². The number of rotatable bonds is 4. The van der Waals surface area contributed by atoms with Crippen LogP contribution in [0.5, 0.6) is 0 Å². The minimum absolute atomic E-state index is 0.363. The Morgan fingerprint density at radius 1 is 0.905 bits per heavy atom. The lowest BCUT2D eigenvalue weighted by Gasteiger charge is -2.15. The van der Waals surface area contributed by atoms with Gasteiger partial charge in [-0.15, -0.1) is 0 Å². The molecule has 110 valence electrons. The number of hydrogen-bond acceptors (Lipinski definition) is 3. The van der Waals surface area contributed by atoms with Crippen molar-refractivity contribution in [3.05, 3.63) is 54.1 Å². The van der Waals surface area contributed by atoms with Crippen molar-refractivity contribution in [3.63, 3.8) is 0 Å². The molecule has 1 aliphatic rings. The van der Waals surface area contributed by atoms with E-state index in [2.05, 4.69) is 29.2 Å². The van der Waals surface area contributed by atoms with Crippen molar-refractivity contribution in [1.29, 1.82) is 0 Å². The quantitative estimate of drug-likeness (QED) is 0.882. The highest BCUT2D eigenvalue weighted by Crippen LogP contribution is 2.22. The first kappa shape index (κ1) is 14.3. The van der Waals surface area contributed by atoms with Gasteiger partial charge in [0.05, 0.1) is 4.90 Å². The third-order valence-electron chi connectivity index (χ3n) is 3.94. The Bertz CT molecular complexity index is 678. The van der Waals surface area contributed by atoms with Crippen LogP contribution in [0.25, 0.3) is 11.1 Å². The molecule has 1 saturated heterocycles. The molecule has 3 nitrogen and oxygen atoms in total. The van der Waals surface area contributed by atoms with Crippen molar-refractivity contribution in [3.8, 4) is 11.1 Å². The van der Waals surface area contributed by atoms with E-state index >= 15 is 0 Å². The minimum Gasteiger partial charge on any atom is -0.299 e. The lowest BCUT2D eigenvalue weighted by atomic mass is 10.0. The molecule has 2 aromatic rings. The van der Waals surface area contributed by atoms with Gasteiger partial charge in [0, 0.05) is 6.54 Å². The molecule has 0 radical (unpaired) electrons. The molecule has 0 unspecified atom stereocenters. The predicted molar refractivity (Wildman–Crippen MR) is 85.0 cm³/mol. The summed E-state index contributed by atoms with van der Waals surface area (Å²) in [5.41, 5.74) is 3.51. The van der Waals surface area contributed by atoms with Crippen LogP contribution in [-0.2, 0) is 17.2 Å². The lowest BCUT2D eigenvalue weighted by molar-refractivity contribution is 0.331. The Labute approximate surface area is 127 Å². The second-order valence-corrected chi connectivity index (χ2v) is 6.52. The molecule has 21 heavy (non-hydrogen) atoms. The molecule has 1 aliphatic heterocycles. The molecule has 3 rings (SSSR count). The maximum absolute atomic E-state index is 10.9. The second-order valence-electron chi connectivity index (χ2n) is 5.49. The Kier molecular flexibility index (Phi) is 4.36. The monoisotopic (exact) mass is 301 g/mol. The number of hydrogen-bond donors (Lipinski definition) is 1. The molecule has 0 spiro atoms. The number of thiol groups is 1. The van der Waals surface area contributed by atoms with Crippen molar-refractivity contribution in [2.24, 2.45) is 0 Å². The first-order valence-electron chi connectivity index (χ1n) is 7.28. The molecular formula is C17H19NO2S. The van der Waals surface area contributed by atoms with Crippen LogP contribution in [0.4, 0.5) is 0 Å². The highest BCUT2D eigenvalue weighted by atomic mass is 32.2. The van der Waals surface area contributed by atoms with Gasteiger partial charge in [-0.25, -0.2) is 8.42 Å². The van der Waals surface area contributed by atoms with Crippen molar-refractivity contribution >= 4 is 10.7 Å². The summed E-state index contributed by atoms with van der Waals surface area (Å²) in [6.07, 6.45) is 2.60. The molecule has 0 saturated carbocycles.